The molecule has 1 aromatic heterocycles. The van der Waals surface area contributed by atoms with E-state index in [-0.39, 0.29) is 5.78 Å². The summed E-state index contributed by atoms with van der Waals surface area (Å²) in [6, 6.07) is 1.90. The lowest BCUT2D eigenvalue weighted by Crippen LogP contribution is -2.31. The number of aromatic nitrogens is 1. The van der Waals surface area contributed by atoms with Gasteiger partial charge < -0.3 is 4.57 Å². The maximum Gasteiger partial charge on any atom is 0.178 e. The number of carbonyl (C=O) groups is 1. The molecule has 1 aromatic rings. The molecular weight excluding hydrogens is 220 g/mol. The molecule has 0 spiro atoms. The molecule has 0 bridgehead atoms. The summed E-state index contributed by atoms with van der Waals surface area (Å²) in [6.45, 7) is 2.68. The zero-order valence-electron chi connectivity index (χ0n) is 9.69. The van der Waals surface area contributed by atoms with Crippen LogP contribution < -0.4 is 0 Å². The second-order valence-corrected chi connectivity index (χ2v) is 5.46. The molecule has 1 aliphatic heterocycles. The van der Waals surface area contributed by atoms with Gasteiger partial charge in [-0.15, -0.1) is 0 Å². The number of hydrogen-bond acceptors (Lipinski definition) is 3. The maximum absolute atomic E-state index is 12.0. The monoisotopic (exact) mass is 238 g/mol. The molecule has 0 atom stereocenters. The van der Waals surface area contributed by atoms with E-state index in [9.17, 15) is 4.79 Å². The number of thioether (sulfide) groups is 1. The van der Waals surface area contributed by atoms with Gasteiger partial charge in [-0.3, -0.25) is 9.69 Å². The fourth-order valence-electron chi connectivity index (χ4n) is 1.92. The van der Waals surface area contributed by atoms with E-state index in [0.717, 1.165) is 24.4 Å². The molecule has 1 aliphatic rings. The van der Waals surface area contributed by atoms with Gasteiger partial charge >= 0.3 is 0 Å². The molecule has 0 aromatic carbocycles. The summed E-state index contributed by atoms with van der Waals surface area (Å²) in [7, 11) is 1.94. The minimum atomic E-state index is 0.243. The Morgan fingerprint density at radius 1 is 1.44 bits per heavy atom. The van der Waals surface area contributed by atoms with Crippen LogP contribution in [0.1, 0.15) is 16.8 Å². The largest absolute Gasteiger partial charge is 0.357 e. The van der Waals surface area contributed by atoms with Crippen molar-refractivity contribution in [3.8, 4) is 0 Å². The molecular formula is C12H18N2OS. The summed E-state index contributed by atoms with van der Waals surface area (Å²) in [5, 5.41) is 0. The Morgan fingerprint density at radius 3 is 3.06 bits per heavy atom. The van der Waals surface area contributed by atoms with Gasteiger partial charge in [-0.05, 0) is 24.8 Å². The van der Waals surface area contributed by atoms with Crippen molar-refractivity contribution < 1.29 is 4.79 Å². The third-order valence-corrected chi connectivity index (χ3v) is 3.88. The molecule has 3 nitrogen and oxygen atoms in total. The van der Waals surface area contributed by atoms with E-state index in [2.05, 4.69) is 4.90 Å². The van der Waals surface area contributed by atoms with Gasteiger partial charge in [0.25, 0.3) is 0 Å². The van der Waals surface area contributed by atoms with E-state index >= 15 is 0 Å². The van der Waals surface area contributed by atoms with Crippen molar-refractivity contribution in [1.29, 1.82) is 0 Å². The Balaban J connectivity index is 1.90. The van der Waals surface area contributed by atoms with Gasteiger partial charge in [0.2, 0.25) is 0 Å². The lowest BCUT2D eigenvalue weighted by atomic mass is 10.2. The smallest absolute Gasteiger partial charge is 0.178 e. The van der Waals surface area contributed by atoms with Gasteiger partial charge in [0, 0.05) is 37.3 Å². The number of aryl methyl sites for hydroxylation is 1. The summed E-state index contributed by atoms with van der Waals surface area (Å²) in [5.74, 6) is 2.63. The van der Waals surface area contributed by atoms with Crippen molar-refractivity contribution in [3.05, 3.63) is 24.0 Å². The number of nitrogens with zero attached hydrogens (tertiary/aromatic N) is 2. The highest BCUT2D eigenvalue weighted by Gasteiger charge is 2.14. The van der Waals surface area contributed by atoms with Crippen LogP contribution in [0.25, 0.3) is 0 Å². The van der Waals surface area contributed by atoms with E-state index < -0.39 is 0 Å². The lowest BCUT2D eigenvalue weighted by Gasteiger charge is -2.17. The number of ketones is 1. The van der Waals surface area contributed by atoms with Gasteiger partial charge in [-0.25, -0.2) is 0 Å². The maximum atomic E-state index is 12.0. The first-order valence-corrected chi connectivity index (χ1v) is 6.86. The molecule has 88 valence electrons. The number of carbonyl (C=O) groups excluding carboxylic acids is 1. The predicted molar refractivity (Wildman–Crippen MR) is 68.1 cm³/mol. The molecule has 0 radical (unpaired) electrons. The van der Waals surface area contributed by atoms with Gasteiger partial charge in [-0.2, -0.15) is 11.8 Å². The second-order valence-electron chi connectivity index (χ2n) is 4.23. The van der Waals surface area contributed by atoms with Crippen molar-refractivity contribution in [2.24, 2.45) is 7.05 Å². The summed E-state index contributed by atoms with van der Waals surface area (Å²) in [6.07, 6.45) is 5.02. The third kappa shape index (κ3) is 3.12. The van der Waals surface area contributed by atoms with E-state index in [1.165, 1.54) is 12.2 Å². The van der Waals surface area contributed by atoms with Crippen LogP contribution in [0.2, 0.25) is 0 Å². The van der Waals surface area contributed by atoms with Crippen LogP contribution in [0.5, 0.6) is 0 Å². The lowest BCUT2D eigenvalue weighted by molar-refractivity contribution is 0.0936. The van der Waals surface area contributed by atoms with Crippen LogP contribution in [-0.4, -0.2) is 46.4 Å². The number of hydrogen-bond donors (Lipinski definition) is 0. The van der Waals surface area contributed by atoms with E-state index in [1.54, 1.807) is 0 Å². The van der Waals surface area contributed by atoms with Gasteiger partial charge in [0.1, 0.15) is 0 Å². The molecule has 0 N–H and O–H groups in total. The number of Topliss-reactive ketones (excluding diaryl/α,β-unsaturated/α-hetero) is 1. The Hall–Kier alpha value is -0.740. The van der Waals surface area contributed by atoms with Crippen molar-refractivity contribution in [1.82, 2.24) is 9.47 Å². The molecule has 16 heavy (non-hydrogen) atoms. The average molecular weight is 238 g/mol. The first-order valence-electron chi connectivity index (χ1n) is 5.71. The van der Waals surface area contributed by atoms with Crippen LogP contribution in [0, 0.1) is 0 Å². The van der Waals surface area contributed by atoms with E-state index in [1.807, 2.05) is 41.8 Å². The zero-order valence-corrected chi connectivity index (χ0v) is 10.5. The molecule has 0 amide bonds. The Kier molecular flexibility index (Phi) is 4.07. The molecule has 4 heteroatoms. The first kappa shape index (κ1) is 11.7. The molecule has 1 fully saturated rings. The van der Waals surface area contributed by atoms with Crippen molar-refractivity contribution >= 4 is 17.5 Å². The minimum Gasteiger partial charge on any atom is -0.357 e. The van der Waals surface area contributed by atoms with Crippen molar-refractivity contribution in [3.63, 3.8) is 0 Å². The quantitative estimate of drug-likeness (QED) is 0.749. The molecule has 0 unspecified atom stereocenters. The summed E-state index contributed by atoms with van der Waals surface area (Å²) in [5.41, 5.74) is 0.833. The van der Waals surface area contributed by atoms with Gasteiger partial charge in [-0.1, -0.05) is 0 Å². The third-order valence-electron chi connectivity index (χ3n) is 2.84. The average Bonchev–Trinajstić information content (AvgIpc) is 2.54. The van der Waals surface area contributed by atoms with E-state index in [4.69, 9.17) is 0 Å². The highest BCUT2D eigenvalue weighted by Crippen LogP contribution is 2.11. The van der Waals surface area contributed by atoms with Crippen LogP contribution >= 0.6 is 11.8 Å². The summed E-state index contributed by atoms with van der Waals surface area (Å²) >= 11 is 1.99. The summed E-state index contributed by atoms with van der Waals surface area (Å²) < 4.78 is 1.92. The fourth-order valence-corrected chi connectivity index (χ4v) is 2.84. The topological polar surface area (TPSA) is 25.2 Å². The fraction of sp³-hybridized carbons (Fsp3) is 0.583. The Morgan fingerprint density at radius 2 is 2.31 bits per heavy atom. The predicted octanol–water partition coefficient (Wildman–Crippen LogP) is 1.65. The summed E-state index contributed by atoms with van der Waals surface area (Å²) in [4.78, 5) is 14.2. The Labute approximate surface area is 101 Å². The van der Waals surface area contributed by atoms with Gasteiger partial charge in [0.15, 0.2) is 5.78 Å². The number of rotatable bonds is 3. The van der Waals surface area contributed by atoms with Crippen molar-refractivity contribution in [2.75, 3.05) is 31.1 Å². The van der Waals surface area contributed by atoms with Gasteiger partial charge in [0.05, 0.1) is 6.54 Å². The van der Waals surface area contributed by atoms with Crippen LogP contribution in [0.15, 0.2) is 18.5 Å². The van der Waals surface area contributed by atoms with E-state index in [0.29, 0.717) is 6.54 Å². The van der Waals surface area contributed by atoms with Crippen LogP contribution in [-0.2, 0) is 7.05 Å². The normalized spacial score (nSPS) is 18.3. The van der Waals surface area contributed by atoms with Crippen LogP contribution in [0.3, 0.4) is 0 Å². The molecule has 2 heterocycles. The minimum absolute atomic E-state index is 0.243. The first-order chi connectivity index (χ1) is 7.75. The SMILES string of the molecule is Cn1ccc(C(=O)CN2CCCSCC2)c1. The second kappa shape index (κ2) is 5.55. The highest BCUT2D eigenvalue weighted by atomic mass is 32.2. The van der Waals surface area contributed by atoms with Crippen LogP contribution in [0.4, 0.5) is 0 Å². The molecule has 0 aliphatic carbocycles. The molecule has 0 saturated carbocycles. The molecule has 2 rings (SSSR count). The zero-order chi connectivity index (χ0) is 11.4. The standard InChI is InChI=1S/C12H18N2OS/c1-13-5-3-11(9-13)12(15)10-14-4-2-7-16-8-6-14/h3,5,9H,2,4,6-8,10H2,1H3. The molecule has 1 saturated heterocycles. The Bertz CT molecular complexity index is 354. The van der Waals surface area contributed by atoms with Crippen molar-refractivity contribution in [2.45, 2.75) is 6.42 Å². The highest BCUT2D eigenvalue weighted by molar-refractivity contribution is 7.99.